The van der Waals surface area contributed by atoms with Gasteiger partial charge in [-0.05, 0) is 36.3 Å². The molecule has 0 unspecified atom stereocenters. The quantitative estimate of drug-likeness (QED) is 0.800. The van der Waals surface area contributed by atoms with Crippen molar-refractivity contribution in [3.05, 3.63) is 65.5 Å². The number of aryl methyl sites for hydroxylation is 1. The molecule has 23 heavy (non-hydrogen) atoms. The number of hydrogen-bond acceptors (Lipinski definition) is 5. The molecule has 0 amide bonds. The second kappa shape index (κ2) is 7.45. The molecule has 1 aromatic carbocycles. The zero-order valence-corrected chi connectivity index (χ0v) is 13.4. The highest BCUT2D eigenvalue weighted by molar-refractivity contribution is 6.05. The summed E-state index contributed by atoms with van der Waals surface area (Å²) in [4.78, 5) is 25.9. The first-order valence-corrected chi connectivity index (χ1v) is 7.26. The van der Waals surface area contributed by atoms with Gasteiger partial charge in [-0.25, -0.2) is 9.59 Å². The zero-order valence-electron chi connectivity index (χ0n) is 13.4. The zero-order chi connectivity index (χ0) is 16.8. The summed E-state index contributed by atoms with van der Waals surface area (Å²) in [6.45, 7) is 2.07. The third-order valence-corrected chi connectivity index (χ3v) is 3.51. The van der Waals surface area contributed by atoms with Gasteiger partial charge in [0.25, 0.3) is 0 Å². The lowest BCUT2D eigenvalue weighted by atomic mass is 10.1. The molecule has 1 aromatic rings. The van der Waals surface area contributed by atoms with E-state index in [0.29, 0.717) is 0 Å². The maximum absolute atomic E-state index is 12.3. The minimum absolute atomic E-state index is 0.119. The lowest BCUT2D eigenvalue weighted by Gasteiger charge is -2.23. The van der Waals surface area contributed by atoms with Gasteiger partial charge in [0.1, 0.15) is 5.70 Å². The van der Waals surface area contributed by atoms with Crippen LogP contribution in [0, 0.1) is 0 Å². The molecule has 0 spiro atoms. The lowest BCUT2D eigenvalue weighted by molar-refractivity contribution is -0.139. The van der Waals surface area contributed by atoms with Crippen LogP contribution in [-0.2, 0) is 25.5 Å². The summed E-state index contributed by atoms with van der Waals surface area (Å²) in [5.41, 5.74) is 2.20. The predicted molar refractivity (Wildman–Crippen MR) is 87.6 cm³/mol. The molecule has 1 heterocycles. The van der Waals surface area contributed by atoms with Crippen LogP contribution in [0.2, 0.25) is 0 Å². The average Bonchev–Trinajstić information content (AvgIpc) is 2.83. The Labute approximate surface area is 135 Å². The molecule has 1 aliphatic rings. The van der Waals surface area contributed by atoms with Gasteiger partial charge in [0.2, 0.25) is 0 Å². The van der Waals surface area contributed by atoms with E-state index in [0.717, 1.165) is 12.1 Å². The molecule has 5 nitrogen and oxygen atoms in total. The van der Waals surface area contributed by atoms with E-state index in [1.165, 1.54) is 25.9 Å². The lowest BCUT2D eigenvalue weighted by Crippen LogP contribution is -2.26. The first kappa shape index (κ1) is 16.5. The van der Waals surface area contributed by atoms with Crippen LogP contribution in [0.5, 0.6) is 0 Å². The first-order chi connectivity index (χ1) is 11.1. The predicted octanol–water partition coefficient (Wildman–Crippen LogP) is 2.74. The molecule has 0 radical (unpaired) electrons. The second-order valence-corrected chi connectivity index (χ2v) is 4.84. The number of rotatable bonds is 4. The monoisotopic (exact) mass is 313 g/mol. The summed E-state index contributed by atoms with van der Waals surface area (Å²) >= 11 is 0. The highest BCUT2D eigenvalue weighted by Gasteiger charge is 2.27. The van der Waals surface area contributed by atoms with Gasteiger partial charge in [-0.2, -0.15) is 0 Å². The van der Waals surface area contributed by atoms with Crippen LogP contribution in [0.1, 0.15) is 12.5 Å². The van der Waals surface area contributed by atoms with Gasteiger partial charge in [-0.15, -0.1) is 0 Å². The smallest absolute Gasteiger partial charge is 0.355 e. The van der Waals surface area contributed by atoms with Crippen molar-refractivity contribution in [1.82, 2.24) is 0 Å². The summed E-state index contributed by atoms with van der Waals surface area (Å²) in [6, 6.07) is 7.75. The summed E-state index contributed by atoms with van der Waals surface area (Å²) in [7, 11) is 2.55. The molecule has 0 saturated heterocycles. The van der Waals surface area contributed by atoms with Gasteiger partial charge in [-0.3, -0.25) is 0 Å². The number of ether oxygens (including phenoxy) is 2. The van der Waals surface area contributed by atoms with E-state index in [1.807, 2.05) is 24.3 Å². The van der Waals surface area contributed by atoms with E-state index in [1.54, 1.807) is 23.3 Å². The van der Waals surface area contributed by atoms with Crippen molar-refractivity contribution in [2.75, 3.05) is 19.1 Å². The van der Waals surface area contributed by atoms with E-state index in [-0.39, 0.29) is 11.3 Å². The molecule has 0 aliphatic carbocycles. The van der Waals surface area contributed by atoms with Crippen molar-refractivity contribution in [3.63, 3.8) is 0 Å². The number of benzene rings is 1. The van der Waals surface area contributed by atoms with E-state index in [9.17, 15) is 9.59 Å². The topological polar surface area (TPSA) is 55.8 Å². The minimum atomic E-state index is -0.610. The molecule has 2 rings (SSSR count). The Morgan fingerprint density at radius 1 is 1.00 bits per heavy atom. The van der Waals surface area contributed by atoms with Crippen LogP contribution in [0.15, 0.2) is 60.0 Å². The number of hydrogen-bond donors (Lipinski definition) is 0. The van der Waals surface area contributed by atoms with E-state index >= 15 is 0 Å². The fourth-order valence-electron chi connectivity index (χ4n) is 2.26. The largest absolute Gasteiger partial charge is 0.465 e. The Kier molecular flexibility index (Phi) is 5.36. The number of carbonyl (C=O) groups excluding carboxylic acids is 2. The molecule has 1 aliphatic heterocycles. The molecule has 0 aromatic heterocycles. The fourth-order valence-corrected chi connectivity index (χ4v) is 2.26. The van der Waals surface area contributed by atoms with Crippen LogP contribution in [0.25, 0.3) is 0 Å². The Morgan fingerprint density at radius 2 is 1.65 bits per heavy atom. The number of carbonyl (C=O) groups is 2. The van der Waals surface area contributed by atoms with Gasteiger partial charge in [0.15, 0.2) is 0 Å². The molecule has 0 fully saturated rings. The van der Waals surface area contributed by atoms with Crippen LogP contribution in [0.4, 0.5) is 5.69 Å². The fraction of sp³-hybridized carbons (Fsp3) is 0.222. The van der Waals surface area contributed by atoms with Gasteiger partial charge < -0.3 is 14.4 Å². The Balaban J connectivity index is 2.57. The van der Waals surface area contributed by atoms with Gasteiger partial charge >= 0.3 is 11.9 Å². The first-order valence-electron chi connectivity index (χ1n) is 7.26. The molecule has 5 heteroatoms. The molecule has 0 bridgehead atoms. The SMILES string of the molecule is CCc1ccc(N2C=CC=CC(C(=O)OC)=C2C(=O)OC)cc1. The van der Waals surface area contributed by atoms with Crippen LogP contribution >= 0.6 is 0 Å². The third-order valence-electron chi connectivity index (χ3n) is 3.51. The normalized spacial score (nSPS) is 13.8. The maximum atomic E-state index is 12.3. The van der Waals surface area contributed by atoms with Crippen LogP contribution in [0.3, 0.4) is 0 Å². The van der Waals surface area contributed by atoms with Crippen molar-refractivity contribution in [2.45, 2.75) is 13.3 Å². The summed E-state index contributed by atoms with van der Waals surface area (Å²) in [5, 5.41) is 0. The Morgan fingerprint density at radius 3 is 2.22 bits per heavy atom. The van der Waals surface area contributed by atoms with E-state index < -0.39 is 11.9 Å². The molecule has 120 valence electrons. The van der Waals surface area contributed by atoms with Gasteiger partial charge in [-0.1, -0.05) is 25.1 Å². The molecule has 0 saturated carbocycles. The van der Waals surface area contributed by atoms with Crippen molar-refractivity contribution in [2.24, 2.45) is 0 Å². The number of nitrogens with zero attached hydrogens (tertiary/aromatic N) is 1. The highest BCUT2D eigenvalue weighted by atomic mass is 16.5. The Hall–Kier alpha value is -2.82. The van der Waals surface area contributed by atoms with E-state index in [4.69, 9.17) is 9.47 Å². The molecule has 0 atom stereocenters. The number of esters is 2. The maximum Gasteiger partial charge on any atom is 0.355 e. The second-order valence-electron chi connectivity index (χ2n) is 4.84. The highest BCUT2D eigenvalue weighted by Crippen LogP contribution is 2.26. The van der Waals surface area contributed by atoms with Gasteiger partial charge in [0, 0.05) is 11.9 Å². The van der Waals surface area contributed by atoms with Crippen molar-refractivity contribution >= 4 is 17.6 Å². The van der Waals surface area contributed by atoms with Crippen molar-refractivity contribution in [1.29, 1.82) is 0 Å². The third kappa shape index (κ3) is 3.51. The molecule has 0 N–H and O–H groups in total. The number of allylic oxidation sites excluding steroid dienone is 2. The standard InChI is InChI=1S/C18H19NO4/c1-4-13-8-10-14(11-9-13)19-12-6-5-7-15(17(20)22-2)16(19)18(21)23-3/h5-12H,4H2,1-3H3. The summed E-state index contributed by atoms with van der Waals surface area (Å²) < 4.78 is 9.63. The number of anilines is 1. The van der Waals surface area contributed by atoms with Crippen LogP contribution < -0.4 is 4.90 Å². The number of methoxy groups -OCH3 is 2. The van der Waals surface area contributed by atoms with Crippen LogP contribution in [-0.4, -0.2) is 26.2 Å². The summed E-state index contributed by atoms with van der Waals surface area (Å²) in [5.74, 6) is -1.21. The minimum Gasteiger partial charge on any atom is -0.465 e. The summed E-state index contributed by atoms with van der Waals surface area (Å²) in [6.07, 6.45) is 7.58. The Bertz CT molecular complexity index is 683. The van der Waals surface area contributed by atoms with Crippen molar-refractivity contribution in [3.8, 4) is 0 Å². The molecular weight excluding hydrogens is 294 g/mol. The molecular formula is C18H19NO4. The van der Waals surface area contributed by atoms with Crippen molar-refractivity contribution < 1.29 is 19.1 Å². The van der Waals surface area contributed by atoms with Gasteiger partial charge in [0.05, 0.1) is 19.8 Å². The average molecular weight is 313 g/mol. The van der Waals surface area contributed by atoms with E-state index in [2.05, 4.69) is 6.92 Å².